The minimum Gasteiger partial charge on any atom is -0.493 e. The van der Waals surface area contributed by atoms with Crippen LogP contribution in [0.5, 0.6) is 11.5 Å². The van der Waals surface area contributed by atoms with E-state index in [1.807, 2.05) is 25.1 Å². The number of aromatic nitrogens is 2. The second-order valence-corrected chi connectivity index (χ2v) is 5.05. The van der Waals surface area contributed by atoms with E-state index in [1.165, 1.54) is 0 Å². The summed E-state index contributed by atoms with van der Waals surface area (Å²) in [6.07, 6.45) is 1.76. The van der Waals surface area contributed by atoms with Crippen LogP contribution >= 0.6 is 11.6 Å². The van der Waals surface area contributed by atoms with E-state index >= 15 is 0 Å². The van der Waals surface area contributed by atoms with Gasteiger partial charge in [-0.2, -0.15) is 0 Å². The van der Waals surface area contributed by atoms with Crippen molar-refractivity contribution >= 4 is 11.6 Å². The van der Waals surface area contributed by atoms with E-state index in [0.717, 1.165) is 35.5 Å². The van der Waals surface area contributed by atoms with Crippen LogP contribution in [-0.2, 0) is 6.42 Å². The summed E-state index contributed by atoms with van der Waals surface area (Å²) < 4.78 is 10.8. The fourth-order valence-corrected chi connectivity index (χ4v) is 2.39. The van der Waals surface area contributed by atoms with Crippen molar-refractivity contribution in [3.05, 3.63) is 34.7 Å². The molecule has 0 N–H and O–H groups in total. The number of hydrogen-bond acceptors (Lipinski definition) is 4. The Hall–Kier alpha value is -1.81. The van der Waals surface area contributed by atoms with Gasteiger partial charge in [0.2, 0.25) is 0 Å². The van der Waals surface area contributed by atoms with Gasteiger partial charge >= 0.3 is 0 Å². The van der Waals surface area contributed by atoms with E-state index < -0.39 is 0 Å². The number of aryl methyl sites for hydroxylation is 1. The molecule has 0 spiro atoms. The molecule has 1 heterocycles. The number of para-hydroxylation sites is 1. The minimum absolute atomic E-state index is 0.480. The molecule has 0 bridgehead atoms. The van der Waals surface area contributed by atoms with Gasteiger partial charge in [-0.05, 0) is 25.5 Å². The Morgan fingerprint density at radius 1 is 1.14 bits per heavy atom. The number of ether oxygens (including phenoxy) is 2. The second kappa shape index (κ2) is 6.76. The molecular formula is C16H19ClN2O2. The molecule has 1 aromatic carbocycles. The highest BCUT2D eigenvalue weighted by molar-refractivity contribution is 6.30. The Bertz CT molecular complexity index is 644. The lowest BCUT2D eigenvalue weighted by atomic mass is 10.1. The van der Waals surface area contributed by atoms with E-state index in [4.69, 9.17) is 21.1 Å². The molecule has 0 saturated heterocycles. The minimum atomic E-state index is 0.480. The van der Waals surface area contributed by atoms with Crippen molar-refractivity contribution in [2.24, 2.45) is 0 Å². The maximum absolute atomic E-state index is 6.25. The molecule has 0 unspecified atom stereocenters. The van der Waals surface area contributed by atoms with Crippen molar-refractivity contribution in [3.8, 4) is 22.8 Å². The summed E-state index contributed by atoms with van der Waals surface area (Å²) in [6, 6.07) is 5.71. The molecular weight excluding hydrogens is 288 g/mol. The zero-order chi connectivity index (χ0) is 15.4. The van der Waals surface area contributed by atoms with Crippen molar-refractivity contribution in [3.63, 3.8) is 0 Å². The molecule has 0 fully saturated rings. The molecule has 0 aliphatic carbocycles. The highest BCUT2D eigenvalue weighted by Gasteiger charge is 2.17. The molecule has 21 heavy (non-hydrogen) atoms. The van der Waals surface area contributed by atoms with E-state index in [0.29, 0.717) is 16.7 Å². The maximum Gasteiger partial charge on any atom is 0.170 e. The Kier molecular flexibility index (Phi) is 5.02. The molecule has 0 aliphatic rings. The zero-order valence-electron chi connectivity index (χ0n) is 12.7. The fraction of sp³-hybridized carbons (Fsp3) is 0.375. The summed E-state index contributed by atoms with van der Waals surface area (Å²) >= 11 is 6.25. The van der Waals surface area contributed by atoms with E-state index in [2.05, 4.69) is 16.9 Å². The van der Waals surface area contributed by atoms with Gasteiger partial charge in [0.1, 0.15) is 11.0 Å². The van der Waals surface area contributed by atoms with Crippen LogP contribution in [0.2, 0.25) is 5.15 Å². The van der Waals surface area contributed by atoms with Crippen LogP contribution in [0.3, 0.4) is 0 Å². The van der Waals surface area contributed by atoms with Gasteiger partial charge in [-0.1, -0.05) is 24.6 Å². The van der Waals surface area contributed by atoms with Crippen molar-refractivity contribution in [1.29, 1.82) is 0 Å². The number of methoxy groups -OCH3 is 2. The second-order valence-electron chi connectivity index (χ2n) is 4.70. The highest BCUT2D eigenvalue weighted by atomic mass is 35.5. The SMILES string of the molecule is CCCc1nc(Cl)c(C)c(-c2cccc(OC)c2OC)n1. The lowest BCUT2D eigenvalue weighted by Gasteiger charge is -2.14. The average Bonchev–Trinajstić information content (AvgIpc) is 2.50. The topological polar surface area (TPSA) is 44.2 Å². The lowest BCUT2D eigenvalue weighted by Crippen LogP contribution is -2.02. The van der Waals surface area contributed by atoms with Crippen LogP contribution < -0.4 is 9.47 Å². The van der Waals surface area contributed by atoms with Crippen molar-refractivity contribution < 1.29 is 9.47 Å². The van der Waals surface area contributed by atoms with Gasteiger partial charge < -0.3 is 9.47 Å². The van der Waals surface area contributed by atoms with Crippen LogP contribution in [0.4, 0.5) is 0 Å². The first kappa shape index (κ1) is 15.6. The van der Waals surface area contributed by atoms with Crippen LogP contribution in [0.15, 0.2) is 18.2 Å². The molecule has 2 aromatic rings. The van der Waals surface area contributed by atoms with Gasteiger partial charge in [0.25, 0.3) is 0 Å². The van der Waals surface area contributed by atoms with Crippen LogP contribution in [0, 0.1) is 6.92 Å². The molecule has 0 saturated carbocycles. The number of hydrogen-bond donors (Lipinski definition) is 0. The Balaban J connectivity index is 2.66. The molecule has 5 heteroatoms. The van der Waals surface area contributed by atoms with E-state index in [1.54, 1.807) is 14.2 Å². The summed E-state index contributed by atoms with van der Waals surface area (Å²) in [5.74, 6) is 2.06. The largest absolute Gasteiger partial charge is 0.493 e. The monoisotopic (exact) mass is 306 g/mol. The smallest absolute Gasteiger partial charge is 0.170 e. The Morgan fingerprint density at radius 3 is 2.52 bits per heavy atom. The number of rotatable bonds is 5. The predicted molar refractivity (Wildman–Crippen MR) is 84.3 cm³/mol. The number of halogens is 1. The summed E-state index contributed by atoms with van der Waals surface area (Å²) in [6.45, 7) is 4.00. The van der Waals surface area contributed by atoms with Crippen LogP contribution in [-0.4, -0.2) is 24.2 Å². The third kappa shape index (κ3) is 3.10. The summed E-state index contributed by atoms with van der Waals surface area (Å²) in [4.78, 5) is 8.97. The van der Waals surface area contributed by atoms with Gasteiger partial charge in [-0.15, -0.1) is 0 Å². The summed E-state index contributed by atoms with van der Waals surface area (Å²) in [7, 11) is 3.23. The van der Waals surface area contributed by atoms with Crippen LogP contribution in [0.25, 0.3) is 11.3 Å². The summed E-state index contributed by atoms with van der Waals surface area (Å²) in [5, 5.41) is 0.480. The summed E-state index contributed by atoms with van der Waals surface area (Å²) in [5.41, 5.74) is 2.48. The molecule has 2 rings (SSSR count). The molecule has 112 valence electrons. The molecule has 1 aromatic heterocycles. The maximum atomic E-state index is 6.25. The van der Waals surface area contributed by atoms with Gasteiger partial charge in [-0.3, -0.25) is 0 Å². The van der Waals surface area contributed by atoms with Gasteiger partial charge in [0.05, 0.1) is 19.9 Å². The van der Waals surface area contributed by atoms with Gasteiger partial charge in [0.15, 0.2) is 11.5 Å². The van der Waals surface area contributed by atoms with Crippen molar-refractivity contribution in [2.75, 3.05) is 14.2 Å². The van der Waals surface area contributed by atoms with E-state index in [9.17, 15) is 0 Å². The fourth-order valence-electron chi connectivity index (χ4n) is 2.20. The first-order chi connectivity index (χ1) is 10.1. The number of nitrogens with zero attached hydrogens (tertiary/aromatic N) is 2. The molecule has 0 atom stereocenters. The Morgan fingerprint density at radius 2 is 1.90 bits per heavy atom. The standard InChI is InChI=1S/C16H19ClN2O2/c1-5-7-13-18-14(10(2)16(17)19-13)11-8-6-9-12(20-3)15(11)21-4/h6,8-9H,5,7H2,1-4H3. The van der Waals surface area contributed by atoms with Gasteiger partial charge in [0, 0.05) is 17.5 Å². The molecule has 0 amide bonds. The first-order valence-electron chi connectivity index (χ1n) is 6.86. The first-order valence-corrected chi connectivity index (χ1v) is 7.24. The third-order valence-electron chi connectivity index (χ3n) is 3.26. The third-order valence-corrected chi connectivity index (χ3v) is 3.63. The average molecular weight is 307 g/mol. The van der Waals surface area contributed by atoms with Gasteiger partial charge in [-0.25, -0.2) is 9.97 Å². The highest BCUT2D eigenvalue weighted by Crippen LogP contribution is 2.39. The van der Waals surface area contributed by atoms with Crippen molar-refractivity contribution in [1.82, 2.24) is 9.97 Å². The molecule has 4 nitrogen and oxygen atoms in total. The molecule has 0 radical (unpaired) electrons. The predicted octanol–water partition coefficient (Wildman–Crippen LogP) is 4.08. The van der Waals surface area contributed by atoms with Crippen molar-refractivity contribution in [2.45, 2.75) is 26.7 Å². The van der Waals surface area contributed by atoms with E-state index in [-0.39, 0.29) is 0 Å². The Labute approximate surface area is 130 Å². The quantitative estimate of drug-likeness (QED) is 0.781. The normalized spacial score (nSPS) is 10.5. The molecule has 0 aliphatic heterocycles. The zero-order valence-corrected chi connectivity index (χ0v) is 13.5. The number of benzene rings is 1. The van der Waals surface area contributed by atoms with Crippen LogP contribution in [0.1, 0.15) is 24.7 Å². The lowest BCUT2D eigenvalue weighted by molar-refractivity contribution is 0.356.